The Bertz CT molecular complexity index is 108. The summed E-state index contributed by atoms with van der Waals surface area (Å²) in [7, 11) is 0. The zero-order chi connectivity index (χ0) is 5.98. The van der Waals surface area contributed by atoms with Gasteiger partial charge in [0.1, 0.15) is 0 Å². The van der Waals surface area contributed by atoms with Crippen LogP contribution in [0.4, 0.5) is 0 Å². The molecule has 1 saturated carbocycles. The lowest BCUT2D eigenvalue weighted by molar-refractivity contribution is 0.549. The predicted octanol–water partition coefficient (Wildman–Crippen LogP) is 1.95. The summed E-state index contributed by atoms with van der Waals surface area (Å²) in [6.07, 6.45) is 2.74. The Morgan fingerprint density at radius 1 is 1.75 bits per heavy atom. The van der Waals surface area contributed by atoms with Crippen molar-refractivity contribution in [1.29, 1.82) is 0 Å². The summed E-state index contributed by atoms with van der Waals surface area (Å²) in [5.41, 5.74) is 0. The molecule has 1 atom stereocenters. The topological polar surface area (TPSA) is 4.36 Å². The monoisotopic (exact) mass is 109 g/mol. The molecule has 1 aliphatic carbocycles. The van der Waals surface area contributed by atoms with Gasteiger partial charge in [-0.15, -0.1) is 0 Å². The van der Waals surface area contributed by atoms with Crippen molar-refractivity contribution >= 4 is 0 Å². The van der Waals surface area contributed by atoms with Crippen LogP contribution >= 0.6 is 0 Å². The maximum absolute atomic E-state index is 6.58. The molecule has 1 unspecified atom stereocenters. The van der Waals surface area contributed by atoms with Crippen molar-refractivity contribution in [2.45, 2.75) is 19.8 Å². The standard InChI is InChI=1S/C7H11N/c1-6(5-8-2)7-3-4-7/h6-7H,3-5H2,1H3. The normalized spacial score (nSPS) is 22.0. The molecule has 0 amide bonds. The van der Waals surface area contributed by atoms with E-state index in [1.165, 1.54) is 12.8 Å². The fourth-order valence-electron chi connectivity index (χ4n) is 0.958. The SMILES string of the molecule is [C-]#[N+]CC(C)C1CC1. The third-order valence-corrected chi connectivity index (χ3v) is 1.81. The largest absolute Gasteiger partial charge is 0.317 e. The Morgan fingerprint density at radius 3 is 2.75 bits per heavy atom. The van der Waals surface area contributed by atoms with E-state index in [1.807, 2.05) is 0 Å². The van der Waals surface area contributed by atoms with Crippen LogP contribution in [0.5, 0.6) is 0 Å². The molecule has 1 rings (SSSR count). The quantitative estimate of drug-likeness (QED) is 0.477. The van der Waals surface area contributed by atoms with Crippen molar-refractivity contribution in [1.82, 2.24) is 0 Å². The summed E-state index contributed by atoms with van der Waals surface area (Å²) in [6.45, 7) is 9.50. The molecule has 0 aromatic carbocycles. The zero-order valence-corrected chi connectivity index (χ0v) is 5.22. The van der Waals surface area contributed by atoms with Gasteiger partial charge in [-0.3, -0.25) is 0 Å². The lowest BCUT2D eigenvalue weighted by atomic mass is 10.1. The Morgan fingerprint density at radius 2 is 2.38 bits per heavy atom. The summed E-state index contributed by atoms with van der Waals surface area (Å²) in [6, 6.07) is 0. The molecular weight excluding hydrogens is 98.1 g/mol. The molecule has 0 radical (unpaired) electrons. The number of hydrogen-bond acceptors (Lipinski definition) is 0. The average molecular weight is 109 g/mol. The maximum atomic E-state index is 6.58. The Labute approximate surface area is 50.5 Å². The van der Waals surface area contributed by atoms with Gasteiger partial charge in [0.25, 0.3) is 0 Å². The van der Waals surface area contributed by atoms with Crippen molar-refractivity contribution in [3.05, 3.63) is 11.4 Å². The molecule has 1 nitrogen and oxygen atoms in total. The highest BCUT2D eigenvalue weighted by molar-refractivity contribution is 4.82. The Hall–Kier alpha value is -0.510. The minimum absolute atomic E-state index is 0.674. The third-order valence-electron chi connectivity index (χ3n) is 1.81. The molecule has 0 heterocycles. The summed E-state index contributed by atoms with van der Waals surface area (Å²) in [4.78, 5) is 3.35. The van der Waals surface area contributed by atoms with E-state index in [0.717, 1.165) is 12.5 Å². The average Bonchev–Trinajstić information content (AvgIpc) is 2.45. The highest BCUT2D eigenvalue weighted by Gasteiger charge is 2.29. The molecular formula is C7H11N. The van der Waals surface area contributed by atoms with Crippen LogP contribution in [0.25, 0.3) is 4.85 Å². The molecule has 1 heteroatoms. The van der Waals surface area contributed by atoms with Gasteiger partial charge in [0.15, 0.2) is 0 Å². The third kappa shape index (κ3) is 1.23. The van der Waals surface area contributed by atoms with Gasteiger partial charge < -0.3 is 4.85 Å². The van der Waals surface area contributed by atoms with Gasteiger partial charge in [0.2, 0.25) is 6.54 Å². The van der Waals surface area contributed by atoms with E-state index in [-0.39, 0.29) is 0 Å². The fraction of sp³-hybridized carbons (Fsp3) is 0.857. The van der Waals surface area contributed by atoms with Crippen LogP contribution in [0, 0.1) is 18.4 Å². The van der Waals surface area contributed by atoms with Crippen molar-refractivity contribution in [3.8, 4) is 0 Å². The van der Waals surface area contributed by atoms with Crippen molar-refractivity contribution in [2.24, 2.45) is 11.8 Å². The summed E-state index contributed by atoms with van der Waals surface area (Å²) in [5, 5.41) is 0. The summed E-state index contributed by atoms with van der Waals surface area (Å²) < 4.78 is 0. The van der Waals surface area contributed by atoms with Gasteiger partial charge in [0.05, 0.1) is 0 Å². The number of hydrogen-bond donors (Lipinski definition) is 0. The van der Waals surface area contributed by atoms with Crippen LogP contribution in [0.15, 0.2) is 0 Å². The molecule has 0 saturated heterocycles. The smallest absolute Gasteiger partial charge is 0.217 e. The molecule has 0 N–H and O–H groups in total. The summed E-state index contributed by atoms with van der Waals surface area (Å²) in [5.74, 6) is 1.58. The van der Waals surface area contributed by atoms with Crippen molar-refractivity contribution in [3.63, 3.8) is 0 Å². The first kappa shape index (κ1) is 5.62. The molecule has 0 aromatic heterocycles. The second-order valence-corrected chi connectivity index (χ2v) is 2.66. The predicted molar refractivity (Wildman–Crippen MR) is 33.4 cm³/mol. The first-order valence-electron chi connectivity index (χ1n) is 3.18. The highest BCUT2D eigenvalue weighted by Crippen LogP contribution is 2.36. The van der Waals surface area contributed by atoms with Crippen LogP contribution in [-0.2, 0) is 0 Å². The highest BCUT2D eigenvalue weighted by atomic mass is 14.6. The van der Waals surface area contributed by atoms with Gasteiger partial charge in [-0.1, -0.05) is 6.92 Å². The molecule has 8 heavy (non-hydrogen) atoms. The minimum atomic E-state index is 0.674. The molecule has 1 fully saturated rings. The maximum Gasteiger partial charge on any atom is 0.217 e. The Balaban J connectivity index is 2.15. The van der Waals surface area contributed by atoms with Crippen molar-refractivity contribution < 1.29 is 0 Å². The first-order chi connectivity index (χ1) is 3.84. The van der Waals surface area contributed by atoms with E-state index in [1.54, 1.807) is 0 Å². The molecule has 0 aliphatic heterocycles. The van der Waals surface area contributed by atoms with E-state index < -0.39 is 0 Å². The van der Waals surface area contributed by atoms with Crippen LogP contribution < -0.4 is 0 Å². The van der Waals surface area contributed by atoms with Crippen LogP contribution in [0.2, 0.25) is 0 Å². The molecule has 0 bridgehead atoms. The van der Waals surface area contributed by atoms with E-state index >= 15 is 0 Å². The number of nitrogens with zero attached hydrogens (tertiary/aromatic N) is 1. The van der Waals surface area contributed by atoms with E-state index in [2.05, 4.69) is 11.8 Å². The zero-order valence-electron chi connectivity index (χ0n) is 5.22. The van der Waals surface area contributed by atoms with Gasteiger partial charge in [-0.05, 0) is 18.8 Å². The van der Waals surface area contributed by atoms with Crippen LogP contribution in [-0.4, -0.2) is 6.54 Å². The van der Waals surface area contributed by atoms with Gasteiger partial charge in [-0.25, -0.2) is 6.57 Å². The lowest BCUT2D eigenvalue weighted by Crippen LogP contribution is -1.98. The van der Waals surface area contributed by atoms with E-state index in [4.69, 9.17) is 6.57 Å². The van der Waals surface area contributed by atoms with Crippen molar-refractivity contribution in [2.75, 3.05) is 6.54 Å². The molecule has 1 aliphatic rings. The van der Waals surface area contributed by atoms with Gasteiger partial charge in [-0.2, -0.15) is 0 Å². The lowest BCUT2D eigenvalue weighted by Gasteiger charge is -1.96. The second kappa shape index (κ2) is 2.17. The molecule has 0 aromatic rings. The molecule has 0 spiro atoms. The van der Waals surface area contributed by atoms with Crippen LogP contribution in [0.3, 0.4) is 0 Å². The van der Waals surface area contributed by atoms with Crippen LogP contribution in [0.1, 0.15) is 19.8 Å². The number of rotatable bonds is 2. The van der Waals surface area contributed by atoms with Gasteiger partial charge >= 0.3 is 0 Å². The fourth-order valence-corrected chi connectivity index (χ4v) is 0.958. The first-order valence-corrected chi connectivity index (χ1v) is 3.18. The van der Waals surface area contributed by atoms with Gasteiger partial charge in [0, 0.05) is 5.92 Å². The second-order valence-electron chi connectivity index (χ2n) is 2.66. The molecule has 44 valence electrons. The van der Waals surface area contributed by atoms with E-state index in [9.17, 15) is 0 Å². The van der Waals surface area contributed by atoms with E-state index in [0.29, 0.717) is 5.92 Å². The Kier molecular flexibility index (Phi) is 1.53. The summed E-state index contributed by atoms with van der Waals surface area (Å²) >= 11 is 0. The minimum Gasteiger partial charge on any atom is -0.317 e.